The van der Waals surface area contributed by atoms with Crippen molar-refractivity contribution in [3.8, 4) is 0 Å². The number of aryl methyl sites for hydroxylation is 1. The molecule has 5 nitrogen and oxygen atoms in total. The summed E-state index contributed by atoms with van der Waals surface area (Å²) in [5.74, 6) is 1.34. The van der Waals surface area contributed by atoms with Crippen LogP contribution in [-0.4, -0.2) is 20.7 Å². The Balaban J connectivity index is 1.66. The third-order valence-electron chi connectivity index (χ3n) is 3.37. The smallest absolute Gasteiger partial charge is 0.228 e. The van der Waals surface area contributed by atoms with Crippen LogP contribution in [0.15, 0.2) is 9.90 Å². The molecule has 1 aliphatic rings. The molecule has 0 amide bonds. The summed E-state index contributed by atoms with van der Waals surface area (Å²) in [6.45, 7) is 1.99. The Morgan fingerprint density at radius 2 is 2.28 bits per heavy atom. The number of thiazole rings is 1. The van der Waals surface area contributed by atoms with Crippen molar-refractivity contribution in [2.24, 2.45) is 5.73 Å². The second-order valence-electron chi connectivity index (χ2n) is 5.03. The number of rotatable bonds is 4. The van der Waals surface area contributed by atoms with E-state index in [9.17, 15) is 0 Å². The molecule has 6 heteroatoms. The fraction of sp³-hybridized carbons (Fsp3) is 0.583. The van der Waals surface area contributed by atoms with E-state index >= 15 is 0 Å². The maximum absolute atomic E-state index is 6.16. The van der Waals surface area contributed by atoms with E-state index in [1.165, 1.54) is 6.42 Å². The maximum Gasteiger partial charge on any atom is 0.228 e. The quantitative estimate of drug-likeness (QED) is 0.911. The molecule has 1 fully saturated rings. The molecule has 2 N–H and O–H groups in total. The number of aromatic nitrogens is 3. The Bertz CT molecular complexity index is 544. The number of hydrogen-bond acceptors (Lipinski definition) is 6. The largest absolute Gasteiger partial charge is 0.339 e. The van der Waals surface area contributed by atoms with Crippen LogP contribution in [0.5, 0.6) is 0 Å². The van der Waals surface area contributed by atoms with Crippen molar-refractivity contribution in [2.75, 3.05) is 0 Å². The molecule has 0 bridgehead atoms. The summed E-state index contributed by atoms with van der Waals surface area (Å²) in [5, 5.41) is 7.08. The Morgan fingerprint density at radius 3 is 2.89 bits per heavy atom. The van der Waals surface area contributed by atoms with Crippen LogP contribution >= 0.6 is 11.3 Å². The third kappa shape index (κ3) is 2.44. The zero-order valence-corrected chi connectivity index (χ0v) is 11.2. The van der Waals surface area contributed by atoms with Crippen molar-refractivity contribution in [1.82, 2.24) is 15.1 Å². The van der Waals surface area contributed by atoms with Crippen molar-refractivity contribution in [3.05, 3.63) is 27.8 Å². The summed E-state index contributed by atoms with van der Waals surface area (Å²) >= 11 is 1.64. The van der Waals surface area contributed by atoms with Crippen LogP contribution in [0.25, 0.3) is 0 Å². The molecule has 2 heterocycles. The summed E-state index contributed by atoms with van der Waals surface area (Å²) in [5.41, 5.74) is 7.05. The van der Waals surface area contributed by atoms with Crippen molar-refractivity contribution in [1.29, 1.82) is 0 Å². The first-order valence-electron chi connectivity index (χ1n) is 6.14. The fourth-order valence-electron chi connectivity index (χ4n) is 2.19. The van der Waals surface area contributed by atoms with Gasteiger partial charge in [0.05, 0.1) is 17.1 Å². The van der Waals surface area contributed by atoms with Gasteiger partial charge in [0.1, 0.15) is 0 Å². The molecule has 0 spiro atoms. The van der Waals surface area contributed by atoms with Crippen molar-refractivity contribution >= 4 is 11.3 Å². The van der Waals surface area contributed by atoms with Gasteiger partial charge >= 0.3 is 0 Å². The second kappa shape index (κ2) is 4.44. The van der Waals surface area contributed by atoms with E-state index in [1.807, 2.05) is 12.3 Å². The zero-order chi connectivity index (χ0) is 12.6. The molecule has 0 aromatic carbocycles. The highest BCUT2D eigenvalue weighted by molar-refractivity contribution is 7.09. The minimum absolute atomic E-state index is 0.110. The highest BCUT2D eigenvalue weighted by Crippen LogP contribution is 2.31. The van der Waals surface area contributed by atoms with Crippen LogP contribution in [0.2, 0.25) is 0 Å². The lowest BCUT2D eigenvalue weighted by atomic mass is 9.75. The van der Waals surface area contributed by atoms with Crippen LogP contribution in [0.1, 0.15) is 41.7 Å². The van der Waals surface area contributed by atoms with Crippen LogP contribution in [-0.2, 0) is 12.8 Å². The van der Waals surface area contributed by atoms with E-state index in [-0.39, 0.29) is 5.54 Å². The van der Waals surface area contributed by atoms with Gasteiger partial charge in [-0.1, -0.05) is 5.16 Å². The van der Waals surface area contributed by atoms with Gasteiger partial charge in [-0.3, -0.25) is 0 Å². The molecule has 3 rings (SSSR count). The molecule has 2 aromatic heterocycles. The minimum atomic E-state index is -0.110. The summed E-state index contributed by atoms with van der Waals surface area (Å²) < 4.78 is 5.25. The molecule has 0 saturated heterocycles. The molecule has 1 aliphatic carbocycles. The topological polar surface area (TPSA) is 77.8 Å². The third-order valence-corrected chi connectivity index (χ3v) is 4.19. The van der Waals surface area contributed by atoms with Gasteiger partial charge in [-0.05, 0) is 26.2 Å². The summed E-state index contributed by atoms with van der Waals surface area (Å²) in [6.07, 6.45) is 4.63. The van der Waals surface area contributed by atoms with Crippen molar-refractivity contribution in [3.63, 3.8) is 0 Å². The van der Waals surface area contributed by atoms with E-state index in [4.69, 9.17) is 10.3 Å². The highest BCUT2D eigenvalue weighted by atomic mass is 32.1. The van der Waals surface area contributed by atoms with Crippen LogP contribution in [0.3, 0.4) is 0 Å². The predicted molar refractivity (Wildman–Crippen MR) is 68.4 cm³/mol. The van der Waals surface area contributed by atoms with Gasteiger partial charge in [-0.15, -0.1) is 11.3 Å². The lowest BCUT2D eigenvalue weighted by Gasteiger charge is -2.36. The molecule has 18 heavy (non-hydrogen) atoms. The number of hydrogen-bond donors (Lipinski definition) is 1. The Labute approximate surface area is 109 Å². The van der Waals surface area contributed by atoms with E-state index in [2.05, 4.69) is 15.1 Å². The number of nitrogens with two attached hydrogens (primary N) is 1. The van der Waals surface area contributed by atoms with Gasteiger partial charge in [0.15, 0.2) is 5.82 Å². The lowest BCUT2D eigenvalue weighted by Crippen LogP contribution is -2.48. The monoisotopic (exact) mass is 264 g/mol. The minimum Gasteiger partial charge on any atom is -0.339 e. The first-order valence-corrected chi connectivity index (χ1v) is 7.02. The molecular formula is C12H16N4OS. The molecular weight excluding hydrogens is 248 g/mol. The Morgan fingerprint density at radius 1 is 1.44 bits per heavy atom. The normalized spacial score (nSPS) is 17.7. The van der Waals surface area contributed by atoms with Gasteiger partial charge in [0.25, 0.3) is 0 Å². The van der Waals surface area contributed by atoms with E-state index in [0.717, 1.165) is 23.5 Å². The first kappa shape index (κ1) is 11.8. The molecule has 0 radical (unpaired) electrons. The van der Waals surface area contributed by atoms with Gasteiger partial charge in [0.2, 0.25) is 5.89 Å². The molecule has 0 atom stereocenters. The standard InChI is InChI=1S/C12H16N4OS/c1-8-14-9(7-18-8)5-10-15-11(17-16-10)6-12(13)3-2-4-12/h7H,2-6,13H2,1H3. The molecule has 0 aliphatic heterocycles. The van der Waals surface area contributed by atoms with Crippen LogP contribution < -0.4 is 5.73 Å². The van der Waals surface area contributed by atoms with E-state index in [0.29, 0.717) is 24.6 Å². The fourth-order valence-corrected chi connectivity index (χ4v) is 2.81. The second-order valence-corrected chi connectivity index (χ2v) is 6.09. The Hall–Kier alpha value is -1.27. The zero-order valence-electron chi connectivity index (χ0n) is 10.3. The lowest BCUT2D eigenvalue weighted by molar-refractivity contribution is 0.221. The average Bonchev–Trinajstić information content (AvgIpc) is 2.87. The molecule has 2 aromatic rings. The van der Waals surface area contributed by atoms with Crippen LogP contribution in [0, 0.1) is 6.92 Å². The summed E-state index contributed by atoms with van der Waals surface area (Å²) in [6, 6.07) is 0. The SMILES string of the molecule is Cc1nc(Cc2noc(CC3(N)CCC3)n2)cs1. The molecule has 0 unspecified atom stereocenters. The first-order chi connectivity index (χ1) is 8.63. The van der Waals surface area contributed by atoms with Gasteiger partial charge in [-0.25, -0.2) is 4.98 Å². The Kier molecular flexibility index (Phi) is 2.91. The predicted octanol–water partition coefficient (Wildman–Crippen LogP) is 1.85. The summed E-state index contributed by atoms with van der Waals surface area (Å²) in [4.78, 5) is 8.78. The maximum atomic E-state index is 6.16. The van der Waals surface area contributed by atoms with Crippen molar-refractivity contribution < 1.29 is 4.52 Å². The van der Waals surface area contributed by atoms with Gasteiger partial charge < -0.3 is 10.3 Å². The summed E-state index contributed by atoms with van der Waals surface area (Å²) in [7, 11) is 0. The average molecular weight is 264 g/mol. The van der Waals surface area contributed by atoms with E-state index < -0.39 is 0 Å². The van der Waals surface area contributed by atoms with E-state index in [1.54, 1.807) is 11.3 Å². The molecule has 96 valence electrons. The van der Waals surface area contributed by atoms with Crippen molar-refractivity contribution in [2.45, 2.75) is 44.6 Å². The number of nitrogens with zero attached hydrogens (tertiary/aromatic N) is 3. The van der Waals surface area contributed by atoms with Gasteiger partial charge in [0, 0.05) is 17.3 Å². The molecule has 1 saturated carbocycles. The van der Waals surface area contributed by atoms with Gasteiger partial charge in [-0.2, -0.15) is 4.98 Å². The highest BCUT2D eigenvalue weighted by Gasteiger charge is 2.34. The van der Waals surface area contributed by atoms with Crippen LogP contribution in [0.4, 0.5) is 0 Å².